The van der Waals surface area contributed by atoms with Crippen LogP contribution in [0.5, 0.6) is 0 Å². The fourth-order valence-electron chi connectivity index (χ4n) is 0.887. The van der Waals surface area contributed by atoms with Crippen molar-refractivity contribution in [3.63, 3.8) is 0 Å². The molecular weight excluding hydrogens is 119 g/mol. The van der Waals surface area contributed by atoms with Crippen molar-refractivity contribution >= 4 is 5.78 Å². The predicted octanol–water partition coefficient (Wildman–Crippen LogP) is 1.57. The number of halogens is 1. The lowest BCUT2D eigenvalue weighted by molar-refractivity contribution is -0.123. The van der Waals surface area contributed by atoms with Crippen LogP contribution in [0.15, 0.2) is 0 Å². The number of Topliss-reactive ketones (excluding diaryl/α,β-unsaturated/α-hetero) is 1. The summed E-state index contributed by atoms with van der Waals surface area (Å²) in [5.41, 5.74) is 0. The number of hydrogen-bond donors (Lipinski definition) is 0. The van der Waals surface area contributed by atoms with Crippen LogP contribution in [0.2, 0.25) is 0 Å². The van der Waals surface area contributed by atoms with Gasteiger partial charge >= 0.3 is 0 Å². The van der Waals surface area contributed by atoms with E-state index in [1.54, 1.807) is 0 Å². The first-order valence-corrected chi connectivity index (χ1v) is 3.30. The molecule has 0 aromatic carbocycles. The fraction of sp³-hybridized carbons (Fsp3) is 0.857. The van der Waals surface area contributed by atoms with E-state index in [0.29, 0.717) is 6.42 Å². The maximum Gasteiger partial charge on any atom is 0.141 e. The third-order valence-electron chi connectivity index (χ3n) is 1.65. The Morgan fingerprint density at radius 2 is 2.11 bits per heavy atom. The molecule has 1 rings (SSSR count). The Morgan fingerprint density at radius 3 is 2.22 bits per heavy atom. The molecule has 2 atom stereocenters. The Labute approximate surface area is 54.3 Å². The molecule has 52 valence electrons. The van der Waals surface area contributed by atoms with E-state index in [4.69, 9.17) is 0 Å². The van der Waals surface area contributed by atoms with Crippen molar-refractivity contribution < 1.29 is 9.18 Å². The van der Waals surface area contributed by atoms with Crippen molar-refractivity contribution in [3.8, 4) is 0 Å². The summed E-state index contributed by atoms with van der Waals surface area (Å²) in [7, 11) is 0. The number of alkyl halides is 1. The van der Waals surface area contributed by atoms with Crippen molar-refractivity contribution in [1.29, 1.82) is 0 Å². The first-order chi connectivity index (χ1) is 4.13. The zero-order valence-corrected chi connectivity index (χ0v) is 5.73. The molecule has 2 heteroatoms. The Balaban J connectivity index is 2.36. The molecule has 9 heavy (non-hydrogen) atoms. The fourth-order valence-corrected chi connectivity index (χ4v) is 0.887. The summed E-state index contributed by atoms with van der Waals surface area (Å²) >= 11 is 0. The molecule has 0 amide bonds. The molecule has 1 nitrogen and oxygen atoms in total. The van der Waals surface area contributed by atoms with Crippen molar-refractivity contribution in [2.75, 3.05) is 0 Å². The van der Waals surface area contributed by atoms with Gasteiger partial charge in [0.1, 0.15) is 12.0 Å². The van der Waals surface area contributed by atoms with Crippen LogP contribution in [0.1, 0.15) is 20.3 Å². The van der Waals surface area contributed by atoms with Gasteiger partial charge in [-0.1, -0.05) is 13.8 Å². The van der Waals surface area contributed by atoms with E-state index >= 15 is 0 Å². The summed E-state index contributed by atoms with van der Waals surface area (Å²) in [6.07, 6.45) is -0.350. The third kappa shape index (κ3) is 1.29. The molecule has 1 aliphatic rings. The van der Waals surface area contributed by atoms with Crippen LogP contribution in [-0.2, 0) is 4.79 Å². The molecule has 0 saturated heterocycles. The standard InChI is InChI=1S/C7H11FO/c1-4(2)7(9)5-3-6(5)8/h4-6H,3H2,1-2H3/t5-,6-/m1/s1. The van der Waals surface area contributed by atoms with E-state index in [1.165, 1.54) is 0 Å². The smallest absolute Gasteiger partial charge is 0.141 e. The van der Waals surface area contributed by atoms with E-state index in [-0.39, 0.29) is 17.6 Å². The Morgan fingerprint density at radius 1 is 1.67 bits per heavy atom. The molecular formula is C7H11FO. The van der Waals surface area contributed by atoms with Gasteiger partial charge in [0, 0.05) is 5.92 Å². The predicted molar refractivity (Wildman–Crippen MR) is 32.8 cm³/mol. The van der Waals surface area contributed by atoms with Gasteiger partial charge < -0.3 is 0 Å². The zero-order valence-electron chi connectivity index (χ0n) is 5.73. The van der Waals surface area contributed by atoms with E-state index < -0.39 is 6.17 Å². The molecule has 0 aromatic heterocycles. The highest BCUT2D eigenvalue weighted by molar-refractivity contribution is 5.85. The van der Waals surface area contributed by atoms with Crippen LogP contribution in [0.3, 0.4) is 0 Å². The highest BCUT2D eigenvalue weighted by Gasteiger charge is 2.43. The van der Waals surface area contributed by atoms with Crippen molar-refractivity contribution in [3.05, 3.63) is 0 Å². The molecule has 0 heterocycles. The molecule has 0 spiro atoms. The second-order valence-corrected chi connectivity index (χ2v) is 2.92. The van der Waals surface area contributed by atoms with E-state index in [2.05, 4.69) is 0 Å². The Bertz CT molecular complexity index is 131. The molecule has 0 bridgehead atoms. The van der Waals surface area contributed by atoms with Crippen LogP contribution in [0, 0.1) is 11.8 Å². The monoisotopic (exact) mass is 130 g/mol. The van der Waals surface area contributed by atoms with E-state index in [1.807, 2.05) is 13.8 Å². The van der Waals surface area contributed by atoms with Crippen molar-refractivity contribution in [2.45, 2.75) is 26.4 Å². The quantitative estimate of drug-likeness (QED) is 0.554. The van der Waals surface area contributed by atoms with Crippen LogP contribution in [0.25, 0.3) is 0 Å². The molecule has 0 aromatic rings. The first-order valence-electron chi connectivity index (χ1n) is 3.30. The van der Waals surface area contributed by atoms with Gasteiger partial charge in [-0.2, -0.15) is 0 Å². The number of ketones is 1. The Kier molecular flexibility index (Phi) is 1.56. The molecule has 0 unspecified atom stereocenters. The number of carbonyl (C=O) groups is 1. The van der Waals surface area contributed by atoms with E-state index in [0.717, 1.165) is 0 Å². The van der Waals surface area contributed by atoms with Gasteiger partial charge in [0.15, 0.2) is 0 Å². The highest BCUT2D eigenvalue weighted by Crippen LogP contribution is 2.36. The van der Waals surface area contributed by atoms with Crippen molar-refractivity contribution in [1.82, 2.24) is 0 Å². The van der Waals surface area contributed by atoms with Gasteiger partial charge in [-0.3, -0.25) is 4.79 Å². The summed E-state index contributed by atoms with van der Waals surface area (Å²) in [5, 5.41) is 0. The van der Waals surface area contributed by atoms with Crippen LogP contribution in [-0.4, -0.2) is 12.0 Å². The van der Waals surface area contributed by atoms with Gasteiger partial charge in [-0.15, -0.1) is 0 Å². The number of carbonyl (C=O) groups excluding carboxylic acids is 1. The average Bonchev–Trinajstić information content (AvgIpc) is 2.44. The van der Waals surface area contributed by atoms with Gasteiger partial charge in [-0.25, -0.2) is 4.39 Å². The maximum absolute atomic E-state index is 12.2. The van der Waals surface area contributed by atoms with Crippen molar-refractivity contribution in [2.24, 2.45) is 11.8 Å². The van der Waals surface area contributed by atoms with Crippen LogP contribution < -0.4 is 0 Å². The lowest BCUT2D eigenvalue weighted by Crippen LogP contribution is -2.10. The maximum atomic E-state index is 12.2. The molecule has 1 saturated carbocycles. The topological polar surface area (TPSA) is 17.1 Å². The van der Waals surface area contributed by atoms with Gasteiger partial charge in [-0.05, 0) is 6.42 Å². The van der Waals surface area contributed by atoms with Gasteiger partial charge in [0.25, 0.3) is 0 Å². The molecule has 0 radical (unpaired) electrons. The third-order valence-corrected chi connectivity index (χ3v) is 1.65. The molecule has 1 aliphatic carbocycles. The largest absolute Gasteiger partial charge is 0.299 e. The Hall–Kier alpha value is -0.400. The summed E-state index contributed by atoms with van der Waals surface area (Å²) in [6, 6.07) is 0. The number of rotatable bonds is 2. The second kappa shape index (κ2) is 2.09. The minimum absolute atomic E-state index is 0.00995. The average molecular weight is 130 g/mol. The van der Waals surface area contributed by atoms with Gasteiger partial charge in [0.2, 0.25) is 0 Å². The lowest BCUT2D eigenvalue weighted by atomic mass is 10.1. The number of hydrogen-bond acceptors (Lipinski definition) is 1. The molecule has 0 aliphatic heterocycles. The highest BCUT2D eigenvalue weighted by atomic mass is 19.1. The summed E-state index contributed by atoms with van der Waals surface area (Å²) in [5.74, 6) is -0.150. The van der Waals surface area contributed by atoms with Crippen LogP contribution in [0.4, 0.5) is 4.39 Å². The normalized spacial score (nSPS) is 32.9. The van der Waals surface area contributed by atoms with Crippen LogP contribution >= 0.6 is 0 Å². The first kappa shape index (κ1) is 6.72. The second-order valence-electron chi connectivity index (χ2n) is 2.92. The zero-order chi connectivity index (χ0) is 7.02. The summed E-state index contributed by atoms with van der Waals surface area (Å²) in [6.45, 7) is 3.63. The lowest BCUT2D eigenvalue weighted by Gasteiger charge is -1.98. The molecule has 0 N–H and O–H groups in total. The SMILES string of the molecule is CC(C)C(=O)[C@@H]1C[C@H]1F. The summed E-state index contributed by atoms with van der Waals surface area (Å²) in [4.78, 5) is 10.9. The summed E-state index contributed by atoms with van der Waals surface area (Å²) < 4.78 is 12.2. The van der Waals surface area contributed by atoms with Gasteiger partial charge in [0.05, 0.1) is 5.92 Å². The minimum atomic E-state index is -0.820. The molecule has 1 fully saturated rings. The van der Waals surface area contributed by atoms with E-state index in [9.17, 15) is 9.18 Å². The minimum Gasteiger partial charge on any atom is -0.299 e.